The number of nitriles is 1. The predicted octanol–water partition coefficient (Wildman–Crippen LogP) is 2.91. The normalized spacial score (nSPS) is 18.6. The molecule has 4 rings (SSSR count). The number of nitrogens with zero attached hydrogens (tertiary/aromatic N) is 5. The zero-order chi connectivity index (χ0) is 24.8. The number of amides is 2. The van der Waals surface area contributed by atoms with Gasteiger partial charge in [-0.25, -0.2) is 4.79 Å². The van der Waals surface area contributed by atoms with Crippen LogP contribution < -0.4 is 11.1 Å². The molecule has 0 radical (unpaired) electrons. The number of ether oxygens (including phenoxy) is 1. The summed E-state index contributed by atoms with van der Waals surface area (Å²) in [4.78, 5) is 28.8. The molecule has 3 N–H and O–H groups in total. The lowest BCUT2D eigenvalue weighted by Gasteiger charge is -2.40. The minimum Gasteiger partial charge on any atom is -0.449 e. The van der Waals surface area contributed by atoms with Crippen molar-refractivity contribution >= 4 is 23.5 Å². The molecule has 2 amide bonds. The van der Waals surface area contributed by atoms with E-state index in [1.807, 2.05) is 30.3 Å². The molecule has 1 aromatic carbocycles. The van der Waals surface area contributed by atoms with Crippen LogP contribution in [0.5, 0.6) is 0 Å². The van der Waals surface area contributed by atoms with Gasteiger partial charge in [0.1, 0.15) is 5.56 Å². The highest BCUT2D eigenvalue weighted by Crippen LogP contribution is 2.35. The molecule has 10 nitrogen and oxygen atoms in total. The fourth-order valence-electron chi connectivity index (χ4n) is 4.80. The van der Waals surface area contributed by atoms with Crippen LogP contribution in [0.1, 0.15) is 42.5 Å². The number of hydrogen-bond acceptors (Lipinski definition) is 7. The topological polar surface area (TPSA) is 130 Å². The Hall–Kier alpha value is -3.58. The van der Waals surface area contributed by atoms with E-state index in [4.69, 9.17) is 10.5 Å². The Bertz CT molecular complexity index is 1060. The zero-order valence-electron chi connectivity index (χ0n) is 20.2. The first kappa shape index (κ1) is 24.5. The molecule has 10 heteroatoms. The molecule has 0 aliphatic carbocycles. The van der Waals surface area contributed by atoms with E-state index in [0.29, 0.717) is 44.3 Å². The molecule has 0 spiro atoms. The number of benzene rings is 1. The van der Waals surface area contributed by atoms with Gasteiger partial charge in [0.15, 0.2) is 5.82 Å². The van der Waals surface area contributed by atoms with E-state index in [9.17, 15) is 14.9 Å². The van der Waals surface area contributed by atoms with Crippen molar-refractivity contribution in [2.24, 2.45) is 11.7 Å². The van der Waals surface area contributed by atoms with Crippen LogP contribution in [0.25, 0.3) is 0 Å². The predicted molar refractivity (Wildman–Crippen MR) is 131 cm³/mol. The van der Waals surface area contributed by atoms with E-state index in [0.717, 1.165) is 31.6 Å². The number of para-hydroxylation sites is 1. The van der Waals surface area contributed by atoms with Crippen LogP contribution in [0.3, 0.4) is 0 Å². The second-order valence-electron chi connectivity index (χ2n) is 9.56. The number of primary amides is 1. The Labute approximate surface area is 205 Å². The highest BCUT2D eigenvalue weighted by atomic mass is 16.6. The Balaban J connectivity index is 1.43. The number of anilines is 2. The van der Waals surface area contributed by atoms with Crippen molar-refractivity contribution in [3.8, 4) is 6.07 Å². The Morgan fingerprint density at radius 3 is 2.51 bits per heavy atom. The van der Waals surface area contributed by atoms with Crippen LogP contribution in [-0.2, 0) is 10.3 Å². The molecule has 2 aromatic rings. The monoisotopic (exact) mass is 479 g/mol. The van der Waals surface area contributed by atoms with Crippen molar-refractivity contribution in [3.05, 3.63) is 42.1 Å². The lowest BCUT2D eigenvalue weighted by atomic mass is 9.85. The quantitative estimate of drug-likeness (QED) is 0.624. The lowest BCUT2D eigenvalue weighted by Crippen LogP contribution is -2.48. The highest BCUT2D eigenvalue weighted by Gasteiger charge is 2.40. The number of rotatable bonds is 7. The third kappa shape index (κ3) is 5.74. The molecular weight excluding hydrogens is 446 g/mol. The van der Waals surface area contributed by atoms with Gasteiger partial charge in [-0.15, -0.1) is 0 Å². The summed E-state index contributed by atoms with van der Waals surface area (Å²) >= 11 is 0. The first-order valence-electron chi connectivity index (χ1n) is 12.1. The molecular formula is C25H33N7O3. The molecule has 1 aromatic heterocycles. The van der Waals surface area contributed by atoms with Crippen LogP contribution >= 0.6 is 0 Å². The third-order valence-electron chi connectivity index (χ3n) is 7.14. The summed E-state index contributed by atoms with van der Waals surface area (Å²) in [5, 5.41) is 17.4. The lowest BCUT2D eigenvalue weighted by molar-refractivity contribution is 0.0491. The molecule has 0 unspecified atom stereocenters. The van der Waals surface area contributed by atoms with E-state index in [-0.39, 0.29) is 18.1 Å². The van der Waals surface area contributed by atoms with Gasteiger partial charge in [0.2, 0.25) is 0 Å². The van der Waals surface area contributed by atoms with E-state index in [2.05, 4.69) is 28.4 Å². The molecule has 0 bridgehead atoms. The standard InChI is InChI=1S/C25H33N7O3/c1-30-13-7-19(8-14-30)18-35-24(34)31-15-10-25(9-12-26,11-16-31)32-17-21(22(27)33)23(29-32)28-20-5-3-2-4-6-20/h2-6,17,19H,7-11,13-16,18H2,1H3,(H2,27,33)(H,28,29). The van der Waals surface area contributed by atoms with Gasteiger partial charge in [0, 0.05) is 25.0 Å². The molecule has 0 saturated carbocycles. The van der Waals surface area contributed by atoms with Gasteiger partial charge < -0.3 is 25.6 Å². The summed E-state index contributed by atoms with van der Waals surface area (Å²) in [6.07, 6.45) is 4.63. The molecule has 2 fully saturated rings. The molecule has 35 heavy (non-hydrogen) atoms. The van der Waals surface area contributed by atoms with E-state index in [1.54, 1.807) is 15.8 Å². The van der Waals surface area contributed by atoms with Gasteiger partial charge in [-0.3, -0.25) is 9.48 Å². The highest BCUT2D eigenvalue weighted by molar-refractivity contribution is 5.98. The van der Waals surface area contributed by atoms with E-state index in [1.165, 1.54) is 0 Å². The molecule has 2 saturated heterocycles. The minimum absolute atomic E-state index is 0.205. The van der Waals surface area contributed by atoms with Gasteiger partial charge in [0.05, 0.1) is 24.6 Å². The first-order chi connectivity index (χ1) is 16.9. The fraction of sp³-hybridized carbons (Fsp3) is 0.520. The van der Waals surface area contributed by atoms with Crippen molar-refractivity contribution in [1.82, 2.24) is 19.6 Å². The van der Waals surface area contributed by atoms with Crippen molar-refractivity contribution in [3.63, 3.8) is 0 Å². The maximum atomic E-state index is 12.7. The van der Waals surface area contributed by atoms with Gasteiger partial charge in [-0.1, -0.05) is 18.2 Å². The Morgan fingerprint density at radius 2 is 1.89 bits per heavy atom. The van der Waals surface area contributed by atoms with Gasteiger partial charge in [0.25, 0.3) is 5.91 Å². The largest absolute Gasteiger partial charge is 0.449 e. The summed E-state index contributed by atoms with van der Waals surface area (Å²) < 4.78 is 7.30. The average molecular weight is 480 g/mol. The number of carbonyl (C=O) groups excluding carboxylic acids is 2. The first-order valence-corrected chi connectivity index (χ1v) is 12.1. The number of nitrogens with two attached hydrogens (primary N) is 1. The molecule has 0 atom stereocenters. The minimum atomic E-state index is -0.639. The van der Waals surface area contributed by atoms with Crippen LogP contribution in [0.2, 0.25) is 0 Å². The van der Waals surface area contributed by atoms with Crippen LogP contribution in [-0.4, -0.2) is 71.4 Å². The van der Waals surface area contributed by atoms with Crippen molar-refractivity contribution in [2.75, 3.05) is 45.2 Å². The average Bonchev–Trinajstić information content (AvgIpc) is 3.29. The molecule has 186 valence electrons. The number of hydrogen-bond donors (Lipinski definition) is 2. The van der Waals surface area contributed by atoms with Crippen molar-refractivity contribution in [1.29, 1.82) is 5.26 Å². The Kier molecular flexibility index (Phi) is 7.56. The van der Waals surface area contributed by atoms with Crippen LogP contribution in [0, 0.1) is 17.2 Å². The number of nitrogens with one attached hydrogen (secondary N) is 1. The maximum Gasteiger partial charge on any atom is 0.409 e. The van der Waals surface area contributed by atoms with E-state index >= 15 is 0 Å². The second kappa shape index (κ2) is 10.8. The van der Waals surface area contributed by atoms with Gasteiger partial charge in [-0.2, -0.15) is 10.4 Å². The van der Waals surface area contributed by atoms with Crippen molar-refractivity contribution < 1.29 is 14.3 Å². The summed E-state index contributed by atoms with van der Waals surface area (Å²) in [6, 6.07) is 11.6. The smallest absolute Gasteiger partial charge is 0.409 e. The second-order valence-corrected chi connectivity index (χ2v) is 9.56. The maximum absolute atomic E-state index is 12.7. The summed E-state index contributed by atoms with van der Waals surface area (Å²) in [7, 11) is 2.11. The summed E-state index contributed by atoms with van der Waals surface area (Å²) in [5.74, 6) is 0.155. The number of aromatic nitrogens is 2. The van der Waals surface area contributed by atoms with Gasteiger partial charge >= 0.3 is 6.09 Å². The number of piperidine rings is 2. The number of carbonyl (C=O) groups is 2. The molecule has 2 aliphatic heterocycles. The van der Waals surface area contributed by atoms with Crippen molar-refractivity contribution in [2.45, 2.75) is 37.6 Å². The fourth-order valence-corrected chi connectivity index (χ4v) is 4.80. The summed E-state index contributed by atoms with van der Waals surface area (Å²) in [5.41, 5.74) is 6.01. The molecule has 2 aliphatic rings. The van der Waals surface area contributed by atoms with Crippen LogP contribution in [0.15, 0.2) is 36.5 Å². The SMILES string of the molecule is CN1CCC(COC(=O)N2CCC(CC#N)(n3cc(C(N)=O)c(Nc4ccccc4)n3)CC2)CC1. The van der Waals surface area contributed by atoms with Crippen LogP contribution in [0.4, 0.5) is 16.3 Å². The Morgan fingerprint density at radius 1 is 1.20 bits per heavy atom. The number of likely N-dealkylation sites (tertiary alicyclic amines) is 2. The van der Waals surface area contributed by atoms with Gasteiger partial charge in [-0.05, 0) is 63.9 Å². The molecule has 3 heterocycles. The third-order valence-corrected chi connectivity index (χ3v) is 7.14. The zero-order valence-corrected chi connectivity index (χ0v) is 20.2. The summed E-state index contributed by atoms with van der Waals surface area (Å²) in [6.45, 7) is 3.40. The van der Waals surface area contributed by atoms with E-state index < -0.39 is 11.4 Å².